The molecule has 3 aromatic rings. The Morgan fingerprint density at radius 2 is 1.74 bits per heavy atom. The van der Waals surface area contributed by atoms with Gasteiger partial charge in [0, 0.05) is 19.2 Å². The highest BCUT2D eigenvalue weighted by molar-refractivity contribution is 5.92. The van der Waals surface area contributed by atoms with Gasteiger partial charge in [-0.1, -0.05) is 42.5 Å². The van der Waals surface area contributed by atoms with Gasteiger partial charge in [0.25, 0.3) is 5.91 Å². The second-order valence-electron chi connectivity index (χ2n) is 7.66. The van der Waals surface area contributed by atoms with Gasteiger partial charge in [-0.05, 0) is 65.1 Å². The van der Waals surface area contributed by atoms with Gasteiger partial charge in [0.05, 0.1) is 7.11 Å². The van der Waals surface area contributed by atoms with E-state index in [9.17, 15) is 9.59 Å². The number of esters is 1. The van der Waals surface area contributed by atoms with Crippen LogP contribution in [0, 0.1) is 0 Å². The van der Waals surface area contributed by atoms with Crippen molar-refractivity contribution in [3.8, 4) is 5.75 Å². The number of benzene rings is 3. The maximum absolute atomic E-state index is 12.7. The monoisotopic (exact) mass is 415 g/mol. The van der Waals surface area contributed by atoms with Gasteiger partial charge < -0.3 is 14.4 Å². The predicted molar refractivity (Wildman–Crippen MR) is 121 cm³/mol. The summed E-state index contributed by atoms with van der Waals surface area (Å²) in [5.41, 5.74) is 3.30. The lowest BCUT2D eigenvalue weighted by molar-refractivity contribution is -0.155. The van der Waals surface area contributed by atoms with E-state index < -0.39 is 12.1 Å². The lowest BCUT2D eigenvalue weighted by Crippen LogP contribution is -2.42. The van der Waals surface area contributed by atoms with Crippen molar-refractivity contribution in [2.75, 3.05) is 13.7 Å². The minimum absolute atomic E-state index is 0.170. The molecular formula is C26H25NO4. The van der Waals surface area contributed by atoms with Crippen LogP contribution in [0.4, 0.5) is 0 Å². The summed E-state index contributed by atoms with van der Waals surface area (Å²) in [4.78, 5) is 26.7. The first-order chi connectivity index (χ1) is 15.0. The van der Waals surface area contributed by atoms with E-state index in [1.807, 2.05) is 54.6 Å². The molecule has 0 saturated carbocycles. The van der Waals surface area contributed by atoms with Crippen molar-refractivity contribution in [3.63, 3.8) is 0 Å². The van der Waals surface area contributed by atoms with Gasteiger partial charge in [-0.2, -0.15) is 0 Å². The van der Waals surface area contributed by atoms with Gasteiger partial charge in [0.15, 0.2) is 6.10 Å². The summed E-state index contributed by atoms with van der Waals surface area (Å²) in [6.07, 6.45) is 3.04. The van der Waals surface area contributed by atoms with Crippen molar-refractivity contribution < 1.29 is 19.1 Å². The summed E-state index contributed by atoms with van der Waals surface area (Å²) in [6, 6.07) is 19.8. The standard InChI is InChI=1S/C26H25NO4/c1-18(26(29)27-14-13-20-5-3-4-6-23(20)17-27)31-25(28)12-8-19-7-9-22-16-24(30-2)11-10-21(22)15-19/h3-12,15-16,18H,13-14,17H2,1-2H3/b12-8+/t18-/m0/s1. The van der Waals surface area contributed by atoms with Crippen LogP contribution < -0.4 is 4.74 Å². The fourth-order valence-electron chi connectivity index (χ4n) is 3.84. The third-order valence-corrected chi connectivity index (χ3v) is 5.57. The Hall–Kier alpha value is -3.60. The fraction of sp³-hybridized carbons (Fsp3) is 0.231. The average molecular weight is 415 g/mol. The topological polar surface area (TPSA) is 55.8 Å². The van der Waals surface area contributed by atoms with E-state index in [-0.39, 0.29) is 5.91 Å². The van der Waals surface area contributed by atoms with E-state index in [1.165, 1.54) is 11.6 Å². The Bertz CT molecular complexity index is 1150. The van der Waals surface area contributed by atoms with Crippen molar-refractivity contribution in [2.45, 2.75) is 26.0 Å². The second-order valence-corrected chi connectivity index (χ2v) is 7.66. The molecule has 0 N–H and O–H groups in total. The van der Waals surface area contributed by atoms with E-state index in [0.717, 1.165) is 34.1 Å². The molecule has 31 heavy (non-hydrogen) atoms. The molecule has 5 heteroatoms. The van der Waals surface area contributed by atoms with E-state index in [4.69, 9.17) is 9.47 Å². The summed E-state index contributed by atoms with van der Waals surface area (Å²) in [6.45, 7) is 2.81. The Balaban J connectivity index is 1.36. The van der Waals surface area contributed by atoms with Crippen LogP contribution in [0.15, 0.2) is 66.7 Å². The molecular weight excluding hydrogens is 390 g/mol. The molecule has 158 valence electrons. The molecule has 0 spiro atoms. The van der Waals surface area contributed by atoms with Crippen molar-refractivity contribution in [1.82, 2.24) is 4.90 Å². The third kappa shape index (κ3) is 4.77. The number of methoxy groups -OCH3 is 1. The Morgan fingerprint density at radius 3 is 2.55 bits per heavy atom. The van der Waals surface area contributed by atoms with Crippen LogP contribution in [0.1, 0.15) is 23.6 Å². The maximum Gasteiger partial charge on any atom is 0.331 e. The molecule has 0 aromatic heterocycles. The molecule has 0 aliphatic carbocycles. The molecule has 0 unspecified atom stereocenters. The first kappa shape index (κ1) is 20.7. The highest BCUT2D eigenvalue weighted by atomic mass is 16.5. The van der Waals surface area contributed by atoms with Crippen molar-refractivity contribution >= 4 is 28.7 Å². The van der Waals surface area contributed by atoms with Crippen LogP contribution in [0.3, 0.4) is 0 Å². The molecule has 0 radical (unpaired) electrons. The summed E-state index contributed by atoms with van der Waals surface area (Å²) in [5.74, 6) is 0.0965. The summed E-state index contributed by atoms with van der Waals surface area (Å²) in [7, 11) is 1.64. The van der Waals surface area contributed by atoms with Gasteiger partial charge in [-0.25, -0.2) is 4.79 Å². The van der Waals surface area contributed by atoms with Crippen molar-refractivity contribution in [2.24, 2.45) is 0 Å². The summed E-state index contributed by atoms with van der Waals surface area (Å²) >= 11 is 0. The molecule has 5 nitrogen and oxygen atoms in total. The van der Waals surface area contributed by atoms with Gasteiger partial charge in [-0.3, -0.25) is 4.79 Å². The zero-order valence-corrected chi connectivity index (χ0v) is 17.7. The molecule has 1 aliphatic heterocycles. The van der Waals surface area contributed by atoms with Gasteiger partial charge in [0.2, 0.25) is 0 Å². The quantitative estimate of drug-likeness (QED) is 0.458. The molecule has 0 fully saturated rings. The van der Waals surface area contributed by atoms with Gasteiger partial charge in [-0.15, -0.1) is 0 Å². The minimum Gasteiger partial charge on any atom is -0.497 e. The SMILES string of the molecule is COc1ccc2cc(/C=C/C(=O)O[C@@H](C)C(=O)N3CCc4ccccc4C3)ccc2c1. The van der Waals surface area contributed by atoms with Crippen LogP contribution in [0.25, 0.3) is 16.8 Å². The smallest absolute Gasteiger partial charge is 0.331 e. The van der Waals surface area contributed by atoms with Crippen LogP contribution in [0.5, 0.6) is 5.75 Å². The maximum atomic E-state index is 12.7. The highest BCUT2D eigenvalue weighted by Crippen LogP contribution is 2.23. The van der Waals surface area contributed by atoms with Gasteiger partial charge >= 0.3 is 5.97 Å². The molecule has 1 amide bonds. The number of hydrogen-bond donors (Lipinski definition) is 0. The molecule has 0 bridgehead atoms. The van der Waals surface area contributed by atoms with Crippen LogP contribution in [-0.2, 0) is 27.3 Å². The number of rotatable bonds is 5. The number of carbonyl (C=O) groups excluding carboxylic acids is 2. The van der Waals surface area contributed by atoms with E-state index in [0.29, 0.717) is 13.1 Å². The van der Waals surface area contributed by atoms with Gasteiger partial charge in [0.1, 0.15) is 5.75 Å². The lowest BCUT2D eigenvalue weighted by atomic mass is 9.99. The van der Waals surface area contributed by atoms with Crippen LogP contribution in [0.2, 0.25) is 0 Å². The first-order valence-electron chi connectivity index (χ1n) is 10.4. The molecule has 0 saturated heterocycles. The molecule has 1 aliphatic rings. The Kier molecular flexibility index (Phi) is 6.03. The first-order valence-corrected chi connectivity index (χ1v) is 10.4. The number of hydrogen-bond acceptors (Lipinski definition) is 4. The molecule has 4 rings (SSSR count). The minimum atomic E-state index is -0.827. The zero-order valence-electron chi connectivity index (χ0n) is 17.7. The predicted octanol–water partition coefficient (Wildman–Crippen LogP) is 4.38. The molecule has 3 aromatic carbocycles. The molecule has 1 heterocycles. The van der Waals surface area contributed by atoms with Crippen LogP contribution >= 0.6 is 0 Å². The van der Waals surface area contributed by atoms with E-state index >= 15 is 0 Å². The van der Waals surface area contributed by atoms with E-state index in [2.05, 4.69) is 6.07 Å². The van der Waals surface area contributed by atoms with E-state index in [1.54, 1.807) is 25.0 Å². The van der Waals surface area contributed by atoms with Crippen molar-refractivity contribution in [3.05, 3.63) is 83.4 Å². The summed E-state index contributed by atoms with van der Waals surface area (Å²) in [5, 5.41) is 2.10. The number of carbonyl (C=O) groups is 2. The fourth-order valence-corrected chi connectivity index (χ4v) is 3.84. The zero-order chi connectivity index (χ0) is 21.8. The third-order valence-electron chi connectivity index (χ3n) is 5.57. The number of amides is 1. The highest BCUT2D eigenvalue weighted by Gasteiger charge is 2.26. The average Bonchev–Trinajstić information content (AvgIpc) is 2.81. The Labute approximate surface area is 181 Å². The number of nitrogens with zero attached hydrogens (tertiary/aromatic N) is 1. The van der Waals surface area contributed by atoms with Crippen molar-refractivity contribution in [1.29, 1.82) is 0 Å². The largest absolute Gasteiger partial charge is 0.497 e. The van der Waals surface area contributed by atoms with Crippen LogP contribution in [-0.4, -0.2) is 36.5 Å². The normalized spacial score (nSPS) is 14.3. The molecule has 1 atom stereocenters. The second kappa shape index (κ2) is 9.04. The lowest BCUT2D eigenvalue weighted by Gasteiger charge is -2.30. The summed E-state index contributed by atoms with van der Waals surface area (Å²) < 4.78 is 10.6. The Morgan fingerprint density at radius 1 is 1.00 bits per heavy atom. The number of fused-ring (bicyclic) bond motifs is 2. The number of ether oxygens (including phenoxy) is 2.